The molecule has 0 bridgehead atoms. The lowest BCUT2D eigenvalue weighted by atomic mass is 9.87. The van der Waals surface area contributed by atoms with E-state index in [9.17, 15) is 5.11 Å². The average molecular weight is 228 g/mol. The molecule has 0 saturated carbocycles. The van der Waals surface area contributed by atoms with Crippen LogP contribution in [0.2, 0.25) is 0 Å². The highest BCUT2D eigenvalue weighted by molar-refractivity contribution is 4.86. The third-order valence-corrected chi connectivity index (χ3v) is 4.10. The largest absolute Gasteiger partial charge is 0.389 e. The molecule has 1 heterocycles. The first-order valence-electron chi connectivity index (χ1n) is 6.69. The van der Waals surface area contributed by atoms with Crippen LogP contribution in [0.4, 0.5) is 0 Å². The van der Waals surface area contributed by atoms with Gasteiger partial charge >= 0.3 is 0 Å². The number of aliphatic hydroxyl groups is 1. The second-order valence-electron chi connectivity index (χ2n) is 5.51. The normalized spacial score (nSPS) is 31.3. The molecule has 1 aliphatic rings. The number of piperidine rings is 1. The van der Waals surface area contributed by atoms with Gasteiger partial charge in [0.15, 0.2) is 0 Å². The predicted octanol–water partition coefficient (Wildman–Crippen LogP) is 1.60. The molecule has 3 N–H and O–H groups in total. The lowest BCUT2D eigenvalue weighted by Crippen LogP contribution is -2.52. The van der Waals surface area contributed by atoms with Crippen LogP contribution in [0.15, 0.2) is 0 Å². The molecule has 0 radical (unpaired) electrons. The van der Waals surface area contributed by atoms with Gasteiger partial charge in [-0.25, -0.2) is 0 Å². The lowest BCUT2D eigenvalue weighted by Gasteiger charge is -2.42. The molecule has 1 rings (SSSR count). The Balaban J connectivity index is 2.53. The number of nitrogens with zero attached hydrogens (tertiary/aromatic N) is 1. The smallest absolute Gasteiger partial charge is 0.0743 e. The molecule has 3 unspecified atom stereocenters. The molecule has 0 spiro atoms. The molecule has 0 aliphatic carbocycles. The molecule has 1 aliphatic heterocycles. The maximum absolute atomic E-state index is 10.1. The fraction of sp³-hybridized carbons (Fsp3) is 1.00. The maximum Gasteiger partial charge on any atom is 0.0743 e. The monoisotopic (exact) mass is 228 g/mol. The Kier molecular flexibility index (Phi) is 5.22. The van der Waals surface area contributed by atoms with E-state index in [1.807, 2.05) is 13.8 Å². The topological polar surface area (TPSA) is 49.5 Å². The maximum atomic E-state index is 10.1. The Bertz CT molecular complexity index is 206. The van der Waals surface area contributed by atoms with Crippen LogP contribution in [0.3, 0.4) is 0 Å². The Morgan fingerprint density at radius 3 is 2.62 bits per heavy atom. The second kappa shape index (κ2) is 5.99. The number of β-amino-alcohol motifs (C(OH)–C–C–N with tert-alkyl or cyclic N) is 1. The highest BCUT2D eigenvalue weighted by Crippen LogP contribution is 2.26. The summed E-state index contributed by atoms with van der Waals surface area (Å²) in [5.41, 5.74) is 5.28. The van der Waals surface area contributed by atoms with Crippen molar-refractivity contribution >= 4 is 0 Å². The molecule has 3 nitrogen and oxygen atoms in total. The predicted molar refractivity (Wildman–Crippen MR) is 68.3 cm³/mol. The van der Waals surface area contributed by atoms with Crippen LogP contribution in [0.25, 0.3) is 0 Å². The highest BCUT2D eigenvalue weighted by atomic mass is 16.3. The van der Waals surface area contributed by atoms with Gasteiger partial charge < -0.3 is 10.8 Å². The minimum Gasteiger partial charge on any atom is -0.389 e. The molecule has 3 heteroatoms. The third kappa shape index (κ3) is 3.72. The Hall–Kier alpha value is -0.120. The number of nitrogens with two attached hydrogens (primary N) is 1. The van der Waals surface area contributed by atoms with E-state index < -0.39 is 5.60 Å². The van der Waals surface area contributed by atoms with E-state index in [-0.39, 0.29) is 0 Å². The van der Waals surface area contributed by atoms with Gasteiger partial charge in [0.1, 0.15) is 0 Å². The molecule has 0 aromatic carbocycles. The SMILES string of the molecule is CCC1CCN(CC(C)(O)CC)C(CN)C1. The van der Waals surface area contributed by atoms with Gasteiger partial charge in [0.2, 0.25) is 0 Å². The Labute approximate surface area is 100 Å². The van der Waals surface area contributed by atoms with E-state index in [4.69, 9.17) is 5.73 Å². The van der Waals surface area contributed by atoms with Crippen molar-refractivity contribution in [3.63, 3.8) is 0 Å². The summed E-state index contributed by atoms with van der Waals surface area (Å²) < 4.78 is 0. The number of hydrogen-bond acceptors (Lipinski definition) is 3. The van der Waals surface area contributed by atoms with Crippen LogP contribution in [0.1, 0.15) is 46.5 Å². The van der Waals surface area contributed by atoms with Gasteiger partial charge in [-0.2, -0.15) is 0 Å². The van der Waals surface area contributed by atoms with Crippen molar-refractivity contribution in [3.8, 4) is 0 Å². The molecule has 3 atom stereocenters. The van der Waals surface area contributed by atoms with Crippen LogP contribution in [-0.2, 0) is 0 Å². The van der Waals surface area contributed by atoms with Gasteiger partial charge in [0.25, 0.3) is 0 Å². The van der Waals surface area contributed by atoms with Crippen LogP contribution in [0.5, 0.6) is 0 Å². The third-order valence-electron chi connectivity index (χ3n) is 4.10. The van der Waals surface area contributed by atoms with E-state index in [0.717, 1.165) is 32.0 Å². The fourth-order valence-corrected chi connectivity index (χ4v) is 2.56. The summed E-state index contributed by atoms with van der Waals surface area (Å²) in [4.78, 5) is 2.38. The van der Waals surface area contributed by atoms with Crippen molar-refractivity contribution in [1.29, 1.82) is 0 Å². The van der Waals surface area contributed by atoms with Crippen LogP contribution >= 0.6 is 0 Å². The molecular formula is C13H28N2O. The summed E-state index contributed by atoms with van der Waals surface area (Å²) in [7, 11) is 0. The summed E-state index contributed by atoms with van der Waals surface area (Å²) in [6, 6.07) is 0.469. The summed E-state index contributed by atoms with van der Waals surface area (Å²) in [6.07, 6.45) is 4.52. The van der Waals surface area contributed by atoms with Gasteiger partial charge in [-0.15, -0.1) is 0 Å². The minimum atomic E-state index is -0.563. The van der Waals surface area contributed by atoms with Crippen molar-refractivity contribution in [2.45, 2.75) is 58.1 Å². The van der Waals surface area contributed by atoms with Gasteiger partial charge in [0, 0.05) is 19.1 Å². The Morgan fingerprint density at radius 1 is 1.44 bits per heavy atom. The summed E-state index contributed by atoms with van der Waals surface area (Å²) in [5, 5.41) is 10.1. The summed E-state index contributed by atoms with van der Waals surface area (Å²) >= 11 is 0. The zero-order chi connectivity index (χ0) is 12.2. The zero-order valence-corrected chi connectivity index (χ0v) is 11.1. The van der Waals surface area contributed by atoms with Crippen molar-refractivity contribution < 1.29 is 5.11 Å². The van der Waals surface area contributed by atoms with Crippen molar-refractivity contribution in [3.05, 3.63) is 0 Å². The van der Waals surface area contributed by atoms with Crippen molar-refractivity contribution in [1.82, 2.24) is 4.90 Å². The first-order chi connectivity index (χ1) is 7.52. The summed E-state index contributed by atoms with van der Waals surface area (Å²) in [6.45, 7) is 8.80. The van der Waals surface area contributed by atoms with Crippen molar-refractivity contribution in [2.24, 2.45) is 11.7 Å². The molecule has 1 fully saturated rings. The fourth-order valence-electron chi connectivity index (χ4n) is 2.56. The van der Waals surface area contributed by atoms with E-state index >= 15 is 0 Å². The minimum absolute atomic E-state index is 0.469. The van der Waals surface area contributed by atoms with E-state index in [1.165, 1.54) is 19.3 Å². The molecule has 96 valence electrons. The standard InChI is InChI=1S/C13H28N2O/c1-4-11-6-7-15(12(8-11)9-14)10-13(3,16)5-2/h11-12,16H,4-10,14H2,1-3H3. The number of rotatable bonds is 5. The zero-order valence-electron chi connectivity index (χ0n) is 11.1. The van der Waals surface area contributed by atoms with Gasteiger partial charge in [-0.1, -0.05) is 20.3 Å². The van der Waals surface area contributed by atoms with Crippen molar-refractivity contribution in [2.75, 3.05) is 19.6 Å². The molecule has 0 aromatic rings. The van der Waals surface area contributed by atoms with Crippen LogP contribution < -0.4 is 5.73 Å². The highest BCUT2D eigenvalue weighted by Gasteiger charge is 2.31. The second-order valence-corrected chi connectivity index (χ2v) is 5.51. The molecule has 0 aromatic heterocycles. The van der Waals surface area contributed by atoms with Gasteiger partial charge in [-0.3, -0.25) is 4.90 Å². The van der Waals surface area contributed by atoms with Gasteiger partial charge in [0.05, 0.1) is 5.60 Å². The van der Waals surface area contributed by atoms with Gasteiger partial charge in [-0.05, 0) is 38.6 Å². The first kappa shape index (κ1) is 13.9. The van der Waals surface area contributed by atoms with Crippen LogP contribution in [0, 0.1) is 5.92 Å². The Morgan fingerprint density at radius 2 is 2.12 bits per heavy atom. The van der Waals surface area contributed by atoms with E-state index in [2.05, 4.69) is 11.8 Å². The average Bonchev–Trinajstić information content (AvgIpc) is 2.29. The summed E-state index contributed by atoms with van der Waals surface area (Å²) in [5.74, 6) is 0.830. The number of hydrogen-bond donors (Lipinski definition) is 2. The van der Waals surface area contributed by atoms with E-state index in [1.54, 1.807) is 0 Å². The number of likely N-dealkylation sites (tertiary alicyclic amines) is 1. The first-order valence-corrected chi connectivity index (χ1v) is 6.69. The van der Waals surface area contributed by atoms with E-state index in [0.29, 0.717) is 6.04 Å². The molecule has 1 saturated heterocycles. The molecule has 16 heavy (non-hydrogen) atoms. The lowest BCUT2D eigenvalue weighted by molar-refractivity contribution is -0.0119. The molecule has 0 amide bonds. The van der Waals surface area contributed by atoms with Crippen LogP contribution in [-0.4, -0.2) is 41.3 Å². The molecular weight excluding hydrogens is 200 g/mol. The quantitative estimate of drug-likeness (QED) is 0.751.